The Kier molecular flexibility index (Phi) is 5.29. The van der Waals surface area contributed by atoms with Crippen molar-refractivity contribution in [2.24, 2.45) is 5.92 Å². The van der Waals surface area contributed by atoms with E-state index >= 15 is 0 Å². The summed E-state index contributed by atoms with van der Waals surface area (Å²) in [4.78, 5) is 28.2. The minimum atomic E-state index is -1.04. The SMILES string of the molecule is COc1ccccc1N1CCN(c2ccc(NC(=O)C3CC3)c(C(=O)O)c2)CC1. The lowest BCUT2D eigenvalue weighted by Crippen LogP contribution is -2.46. The maximum absolute atomic E-state index is 12.0. The summed E-state index contributed by atoms with van der Waals surface area (Å²) in [6.07, 6.45) is 1.76. The van der Waals surface area contributed by atoms with E-state index in [-0.39, 0.29) is 17.4 Å². The largest absolute Gasteiger partial charge is 0.495 e. The van der Waals surface area contributed by atoms with Gasteiger partial charge in [-0.3, -0.25) is 4.79 Å². The standard InChI is InChI=1S/C22H25N3O4/c1-29-20-5-3-2-4-19(20)25-12-10-24(11-13-25)16-8-9-18(17(14-16)22(27)28)23-21(26)15-6-7-15/h2-5,8-9,14-15H,6-7,10-13H2,1H3,(H,23,26)(H,27,28). The van der Waals surface area contributed by atoms with E-state index in [2.05, 4.69) is 15.1 Å². The number of hydrogen-bond acceptors (Lipinski definition) is 5. The molecule has 7 heteroatoms. The lowest BCUT2D eigenvalue weighted by Gasteiger charge is -2.38. The van der Waals surface area contributed by atoms with E-state index in [4.69, 9.17) is 4.74 Å². The average Bonchev–Trinajstić information content (AvgIpc) is 3.59. The van der Waals surface area contributed by atoms with E-state index in [0.717, 1.165) is 56.1 Å². The first-order valence-corrected chi connectivity index (χ1v) is 9.88. The van der Waals surface area contributed by atoms with Crippen LogP contribution < -0.4 is 19.9 Å². The van der Waals surface area contributed by atoms with E-state index in [0.29, 0.717) is 5.69 Å². The Hall–Kier alpha value is -3.22. The molecule has 1 heterocycles. The summed E-state index contributed by atoms with van der Waals surface area (Å²) in [6.45, 7) is 3.15. The number of nitrogens with one attached hydrogen (secondary N) is 1. The van der Waals surface area contributed by atoms with Crippen molar-refractivity contribution in [3.63, 3.8) is 0 Å². The zero-order valence-corrected chi connectivity index (χ0v) is 16.4. The molecule has 0 spiro atoms. The second-order valence-corrected chi connectivity index (χ2v) is 7.44. The molecule has 2 N–H and O–H groups in total. The van der Waals surface area contributed by atoms with Gasteiger partial charge in [-0.25, -0.2) is 4.79 Å². The van der Waals surface area contributed by atoms with Crippen molar-refractivity contribution in [2.45, 2.75) is 12.8 Å². The lowest BCUT2D eigenvalue weighted by atomic mass is 10.1. The highest BCUT2D eigenvalue weighted by Gasteiger charge is 2.30. The van der Waals surface area contributed by atoms with Gasteiger partial charge in [0, 0.05) is 37.8 Å². The first-order chi connectivity index (χ1) is 14.1. The number of methoxy groups -OCH3 is 1. The molecule has 1 saturated heterocycles. The van der Waals surface area contributed by atoms with Gasteiger partial charge in [-0.15, -0.1) is 0 Å². The highest BCUT2D eigenvalue weighted by molar-refractivity contribution is 6.02. The third-order valence-electron chi connectivity index (χ3n) is 5.51. The number of para-hydroxylation sites is 2. The minimum absolute atomic E-state index is 0.0272. The predicted octanol–water partition coefficient (Wildman–Crippen LogP) is 3.07. The van der Waals surface area contributed by atoms with Crippen LogP contribution in [0.2, 0.25) is 0 Å². The van der Waals surface area contributed by atoms with Crippen LogP contribution in [-0.2, 0) is 4.79 Å². The van der Waals surface area contributed by atoms with Gasteiger partial charge in [0.1, 0.15) is 5.75 Å². The van der Waals surface area contributed by atoms with Crippen LogP contribution in [0.4, 0.5) is 17.1 Å². The van der Waals surface area contributed by atoms with Crippen molar-refractivity contribution in [1.29, 1.82) is 0 Å². The van der Waals surface area contributed by atoms with Crippen molar-refractivity contribution >= 4 is 28.9 Å². The zero-order chi connectivity index (χ0) is 20.4. The zero-order valence-electron chi connectivity index (χ0n) is 16.4. The number of piperazine rings is 1. The molecule has 2 aliphatic rings. The maximum Gasteiger partial charge on any atom is 0.337 e. The molecule has 1 aliphatic heterocycles. The number of carbonyl (C=O) groups excluding carboxylic acids is 1. The third-order valence-corrected chi connectivity index (χ3v) is 5.51. The maximum atomic E-state index is 12.0. The summed E-state index contributed by atoms with van der Waals surface area (Å²) >= 11 is 0. The molecule has 1 aliphatic carbocycles. The van der Waals surface area contributed by atoms with E-state index in [1.807, 2.05) is 30.3 Å². The summed E-state index contributed by atoms with van der Waals surface area (Å²) in [5.41, 5.74) is 2.42. The number of carboxylic acids is 1. The molecule has 7 nitrogen and oxygen atoms in total. The van der Waals surface area contributed by atoms with Crippen molar-refractivity contribution in [2.75, 3.05) is 48.4 Å². The fourth-order valence-corrected chi connectivity index (χ4v) is 3.69. The monoisotopic (exact) mass is 395 g/mol. The summed E-state index contributed by atoms with van der Waals surface area (Å²) in [7, 11) is 1.67. The third kappa shape index (κ3) is 4.13. The Balaban J connectivity index is 1.47. The summed E-state index contributed by atoms with van der Waals surface area (Å²) in [6, 6.07) is 13.2. The number of anilines is 3. The smallest absolute Gasteiger partial charge is 0.337 e. The highest BCUT2D eigenvalue weighted by atomic mass is 16.5. The molecule has 0 unspecified atom stereocenters. The number of carbonyl (C=O) groups is 2. The molecule has 1 amide bonds. The number of benzene rings is 2. The Morgan fingerprint density at radius 3 is 2.38 bits per heavy atom. The molecule has 0 radical (unpaired) electrons. The van der Waals surface area contributed by atoms with Gasteiger partial charge in [0.2, 0.25) is 5.91 Å². The molecule has 1 saturated carbocycles. The first kappa shape index (κ1) is 19.1. The van der Waals surface area contributed by atoms with E-state index in [1.54, 1.807) is 19.2 Å². The lowest BCUT2D eigenvalue weighted by molar-refractivity contribution is -0.117. The number of nitrogens with zero attached hydrogens (tertiary/aromatic N) is 2. The summed E-state index contributed by atoms with van der Waals surface area (Å²) in [5, 5.41) is 12.4. The summed E-state index contributed by atoms with van der Waals surface area (Å²) in [5.74, 6) is -0.250. The average molecular weight is 395 g/mol. The van der Waals surface area contributed by atoms with Gasteiger partial charge in [-0.2, -0.15) is 0 Å². The van der Waals surface area contributed by atoms with Gasteiger partial charge in [-0.05, 0) is 43.2 Å². The van der Waals surface area contributed by atoms with Crippen molar-refractivity contribution in [1.82, 2.24) is 0 Å². The molecule has 0 aromatic heterocycles. The molecule has 152 valence electrons. The van der Waals surface area contributed by atoms with Crippen molar-refractivity contribution in [3.8, 4) is 5.75 Å². The van der Waals surface area contributed by atoms with Crippen LogP contribution >= 0.6 is 0 Å². The van der Waals surface area contributed by atoms with Crippen LogP contribution in [0.25, 0.3) is 0 Å². The molecule has 2 fully saturated rings. The predicted molar refractivity (Wildman–Crippen MR) is 112 cm³/mol. The number of rotatable bonds is 6. The van der Waals surface area contributed by atoms with E-state index in [9.17, 15) is 14.7 Å². The number of ether oxygens (including phenoxy) is 1. The van der Waals surface area contributed by atoms with E-state index < -0.39 is 5.97 Å². The normalized spacial score (nSPS) is 16.4. The Labute approximate surface area is 169 Å². The van der Waals surface area contributed by atoms with Crippen molar-refractivity contribution in [3.05, 3.63) is 48.0 Å². The molecular formula is C22H25N3O4. The topological polar surface area (TPSA) is 82.1 Å². The molecule has 2 aromatic carbocycles. The molecule has 29 heavy (non-hydrogen) atoms. The Bertz CT molecular complexity index is 918. The first-order valence-electron chi connectivity index (χ1n) is 9.88. The van der Waals surface area contributed by atoms with Crippen LogP contribution in [-0.4, -0.2) is 50.3 Å². The number of amides is 1. The van der Waals surface area contributed by atoms with Gasteiger partial charge in [0.25, 0.3) is 0 Å². The Morgan fingerprint density at radius 2 is 1.72 bits per heavy atom. The Morgan fingerprint density at radius 1 is 1.03 bits per heavy atom. The molecule has 4 rings (SSSR count). The fraction of sp³-hybridized carbons (Fsp3) is 0.364. The number of carboxylic acid groups (broad SMARTS) is 1. The quantitative estimate of drug-likeness (QED) is 0.782. The number of hydrogen-bond donors (Lipinski definition) is 2. The van der Waals surface area contributed by atoms with Gasteiger partial charge in [0.15, 0.2) is 0 Å². The molecular weight excluding hydrogens is 370 g/mol. The van der Waals surface area contributed by atoms with Crippen LogP contribution in [0.3, 0.4) is 0 Å². The highest BCUT2D eigenvalue weighted by Crippen LogP contribution is 2.32. The molecule has 2 aromatic rings. The van der Waals surface area contributed by atoms with Gasteiger partial charge >= 0.3 is 5.97 Å². The van der Waals surface area contributed by atoms with Gasteiger partial charge < -0.3 is 25.0 Å². The van der Waals surface area contributed by atoms with Crippen LogP contribution in [0.1, 0.15) is 23.2 Å². The van der Waals surface area contributed by atoms with E-state index in [1.165, 1.54) is 0 Å². The minimum Gasteiger partial charge on any atom is -0.495 e. The second-order valence-electron chi connectivity index (χ2n) is 7.44. The van der Waals surface area contributed by atoms with Crippen LogP contribution in [0, 0.1) is 5.92 Å². The fourth-order valence-electron chi connectivity index (χ4n) is 3.69. The van der Waals surface area contributed by atoms with Crippen LogP contribution in [0.15, 0.2) is 42.5 Å². The molecule has 0 bridgehead atoms. The number of aromatic carboxylic acids is 1. The summed E-state index contributed by atoms with van der Waals surface area (Å²) < 4.78 is 5.46. The van der Waals surface area contributed by atoms with Gasteiger partial charge in [-0.1, -0.05) is 12.1 Å². The molecule has 0 atom stereocenters. The van der Waals surface area contributed by atoms with Crippen molar-refractivity contribution < 1.29 is 19.4 Å². The van der Waals surface area contributed by atoms with Crippen LogP contribution in [0.5, 0.6) is 5.75 Å². The second kappa shape index (κ2) is 8.03. The van der Waals surface area contributed by atoms with Gasteiger partial charge in [0.05, 0.1) is 24.0 Å².